The quantitative estimate of drug-likeness (QED) is 0.607. The van der Waals surface area contributed by atoms with Crippen LogP contribution < -0.4 is 5.32 Å². The molecule has 118 valence electrons. The summed E-state index contributed by atoms with van der Waals surface area (Å²) in [6, 6.07) is 5.98. The van der Waals surface area contributed by atoms with Crippen molar-refractivity contribution < 1.29 is 0 Å². The molecule has 3 heterocycles. The third-order valence-electron chi connectivity index (χ3n) is 3.30. The second-order valence-electron chi connectivity index (χ2n) is 4.94. The molecule has 9 heteroatoms. The Morgan fingerprint density at radius 1 is 1.12 bits per heavy atom. The van der Waals surface area contributed by atoms with Gasteiger partial charge < -0.3 is 9.88 Å². The highest BCUT2D eigenvalue weighted by Gasteiger charge is 2.09. The summed E-state index contributed by atoms with van der Waals surface area (Å²) in [6.45, 7) is 0. The maximum absolute atomic E-state index is 4.33. The number of anilines is 2. The summed E-state index contributed by atoms with van der Waals surface area (Å²) in [4.78, 5) is 17.9. The van der Waals surface area contributed by atoms with Crippen molar-refractivity contribution in [3.05, 3.63) is 49.4 Å². The normalized spacial score (nSPS) is 10.9. The molecule has 1 N–H and O–H groups in total. The smallest absolute Gasteiger partial charge is 0.195 e. The van der Waals surface area contributed by atoms with E-state index in [0.717, 1.165) is 21.0 Å². The molecule has 0 saturated heterocycles. The van der Waals surface area contributed by atoms with Crippen LogP contribution in [0.25, 0.3) is 10.9 Å². The molecule has 3 aromatic heterocycles. The van der Waals surface area contributed by atoms with E-state index in [1.165, 1.54) is 18.1 Å². The molecule has 1 aromatic carbocycles. The minimum Gasteiger partial charge on any atom is -0.323 e. The van der Waals surface area contributed by atoms with E-state index in [1.807, 2.05) is 29.8 Å². The highest BCUT2D eigenvalue weighted by atomic mass is 32.2. The van der Waals surface area contributed by atoms with E-state index in [2.05, 4.69) is 35.5 Å². The maximum atomic E-state index is 4.33. The van der Waals surface area contributed by atoms with Crippen molar-refractivity contribution in [2.75, 3.05) is 5.32 Å². The van der Waals surface area contributed by atoms with Crippen LogP contribution in [-0.4, -0.2) is 34.7 Å². The Hall–Kier alpha value is -3.07. The molecule has 0 radical (unpaired) electrons. The van der Waals surface area contributed by atoms with Crippen LogP contribution in [0, 0.1) is 0 Å². The zero-order chi connectivity index (χ0) is 16.4. The highest BCUT2D eigenvalue weighted by molar-refractivity contribution is 7.99. The Balaban J connectivity index is 1.72. The third-order valence-corrected chi connectivity index (χ3v) is 4.34. The van der Waals surface area contributed by atoms with Gasteiger partial charge in [-0.2, -0.15) is 0 Å². The summed E-state index contributed by atoms with van der Waals surface area (Å²) in [6.07, 6.45) is 8.09. The molecular formula is C15H12N8S. The van der Waals surface area contributed by atoms with Gasteiger partial charge in [0.25, 0.3) is 0 Å². The van der Waals surface area contributed by atoms with Gasteiger partial charge in [0.2, 0.25) is 0 Å². The summed E-state index contributed by atoms with van der Waals surface area (Å²) in [5.41, 5.74) is 0.846. The lowest BCUT2D eigenvalue weighted by molar-refractivity contribution is 0.788. The van der Waals surface area contributed by atoms with Gasteiger partial charge in [0.05, 0.1) is 11.7 Å². The number of aromatic nitrogens is 7. The molecule has 0 aliphatic rings. The van der Waals surface area contributed by atoms with Gasteiger partial charge in [-0.05, 0) is 30.0 Å². The molecule has 0 unspecified atom stereocenters. The van der Waals surface area contributed by atoms with Gasteiger partial charge in [-0.15, -0.1) is 10.2 Å². The number of benzene rings is 1. The number of rotatable bonds is 4. The van der Waals surface area contributed by atoms with Crippen molar-refractivity contribution in [3.8, 4) is 0 Å². The number of fused-ring (bicyclic) bond motifs is 1. The minimum atomic E-state index is 0.629. The van der Waals surface area contributed by atoms with Gasteiger partial charge in [0, 0.05) is 29.7 Å². The Morgan fingerprint density at radius 3 is 2.88 bits per heavy atom. The Morgan fingerprint density at radius 2 is 2.08 bits per heavy atom. The van der Waals surface area contributed by atoms with Crippen LogP contribution in [0.1, 0.15) is 0 Å². The first-order chi connectivity index (χ1) is 11.8. The average molecular weight is 336 g/mol. The standard InChI is InChI=1S/C15H12N8S/c1-23-9-20-22-15(23)24-10-2-3-12-11(6-10)14(19-8-18-12)21-13-7-16-4-5-17-13/h2-9H,1H3,(H,17,18,19,21). The Kier molecular flexibility index (Phi) is 3.75. The van der Waals surface area contributed by atoms with E-state index < -0.39 is 0 Å². The van der Waals surface area contributed by atoms with Crippen molar-refractivity contribution in [1.29, 1.82) is 0 Å². The summed E-state index contributed by atoms with van der Waals surface area (Å²) < 4.78 is 1.87. The largest absolute Gasteiger partial charge is 0.323 e. The molecule has 0 aliphatic carbocycles. The van der Waals surface area contributed by atoms with E-state index in [0.29, 0.717) is 11.6 Å². The van der Waals surface area contributed by atoms with Crippen LogP contribution in [0.3, 0.4) is 0 Å². The lowest BCUT2D eigenvalue weighted by Gasteiger charge is -2.08. The van der Waals surface area contributed by atoms with Gasteiger partial charge in [0.15, 0.2) is 5.16 Å². The van der Waals surface area contributed by atoms with E-state index in [-0.39, 0.29) is 0 Å². The fourth-order valence-electron chi connectivity index (χ4n) is 2.15. The summed E-state index contributed by atoms with van der Waals surface area (Å²) in [5.74, 6) is 1.31. The van der Waals surface area contributed by atoms with Crippen molar-refractivity contribution in [2.45, 2.75) is 10.1 Å². The number of hydrogen-bond acceptors (Lipinski definition) is 8. The number of nitrogens with zero attached hydrogens (tertiary/aromatic N) is 7. The summed E-state index contributed by atoms with van der Waals surface area (Å²) >= 11 is 1.53. The van der Waals surface area contributed by atoms with Crippen molar-refractivity contribution in [2.24, 2.45) is 7.05 Å². The van der Waals surface area contributed by atoms with Gasteiger partial charge >= 0.3 is 0 Å². The van der Waals surface area contributed by atoms with E-state index in [4.69, 9.17) is 0 Å². The predicted octanol–water partition coefficient (Wildman–Crippen LogP) is 2.44. The van der Waals surface area contributed by atoms with Crippen LogP contribution in [0.5, 0.6) is 0 Å². The summed E-state index contributed by atoms with van der Waals surface area (Å²) in [7, 11) is 1.91. The molecule has 8 nitrogen and oxygen atoms in total. The second kappa shape index (κ2) is 6.20. The topological polar surface area (TPSA) is 94.3 Å². The first kappa shape index (κ1) is 14.5. The molecule has 0 spiro atoms. The molecule has 4 aromatic rings. The van der Waals surface area contributed by atoms with Gasteiger partial charge in [-0.1, -0.05) is 0 Å². The zero-order valence-electron chi connectivity index (χ0n) is 12.7. The van der Waals surface area contributed by atoms with Crippen LogP contribution in [0.15, 0.2) is 59.5 Å². The van der Waals surface area contributed by atoms with Crippen LogP contribution >= 0.6 is 11.8 Å². The van der Waals surface area contributed by atoms with Crippen molar-refractivity contribution in [3.63, 3.8) is 0 Å². The summed E-state index contributed by atoms with van der Waals surface area (Å²) in [5, 5.41) is 12.9. The molecule has 0 fully saturated rings. The SMILES string of the molecule is Cn1cnnc1Sc1ccc2ncnc(Nc3cnccn3)c2c1. The molecule has 0 bridgehead atoms. The molecule has 0 saturated carbocycles. The Labute approximate surface area is 141 Å². The van der Waals surface area contributed by atoms with Gasteiger partial charge in [-0.3, -0.25) is 4.98 Å². The molecule has 0 atom stereocenters. The number of aryl methyl sites for hydroxylation is 1. The van der Waals surface area contributed by atoms with Gasteiger partial charge in [-0.25, -0.2) is 15.0 Å². The lowest BCUT2D eigenvalue weighted by Crippen LogP contribution is -1.98. The van der Waals surface area contributed by atoms with E-state index in [9.17, 15) is 0 Å². The number of nitrogens with one attached hydrogen (secondary N) is 1. The molecule has 0 amide bonds. The lowest BCUT2D eigenvalue weighted by atomic mass is 10.2. The highest BCUT2D eigenvalue weighted by Crippen LogP contribution is 2.30. The zero-order valence-corrected chi connectivity index (χ0v) is 13.5. The van der Waals surface area contributed by atoms with Crippen molar-refractivity contribution in [1.82, 2.24) is 34.7 Å². The van der Waals surface area contributed by atoms with Crippen LogP contribution in [0.4, 0.5) is 11.6 Å². The van der Waals surface area contributed by atoms with E-state index in [1.54, 1.807) is 24.9 Å². The predicted molar refractivity (Wildman–Crippen MR) is 90.0 cm³/mol. The van der Waals surface area contributed by atoms with Gasteiger partial charge in [0.1, 0.15) is 24.3 Å². The molecule has 24 heavy (non-hydrogen) atoms. The number of hydrogen-bond donors (Lipinski definition) is 1. The fraction of sp³-hybridized carbons (Fsp3) is 0.0667. The first-order valence-electron chi connectivity index (χ1n) is 7.09. The minimum absolute atomic E-state index is 0.629. The molecular weight excluding hydrogens is 324 g/mol. The van der Waals surface area contributed by atoms with E-state index >= 15 is 0 Å². The van der Waals surface area contributed by atoms with Crippen molar-refractivity contribution >= 4 is 34.3 Å². The monoisotopic (exact) mass is 336 g/mol. The second-order valence-corrected chi connectivity index (χ2v) is 5.98. The van der Waals surface area contributed by atoms with Crippen LogP contribution in [0.2, 0.25) is 0 Å². The fourth-order valence-corrected chi connectivity index (χ4v) is 2.96. The maximum Gasteiger partial charge on any atom is 0.195 e. The molecule has 0 aliphatic heterocycles. The molecule has 4 rings (SSSR count). The third kappa shape index (κ3) is 2.88. The Bertz CT molecular complexity index is 985. The first-order valence-corrected chi connectivity index (χ1v) is 7.91. The van der Waals surface area contributed by atoms with Crippen LogP contribution in [-0.2, 0) is 7.05 Å². The average Bonchev–Trinajstić information content (AvgIpc) is 3.01.